The maximum Gasteiger partial charge on any atom is 0.409 e. The second-order valence-corrected chi connectivity index (χ2v) is 4.29. The van der Waals surface area contributed by atoms with Crippen molar-refractivity contribution in [2.75, 3.05) is 5.32 Å². The molecule has 0 saturated heterocycles. The number of amides is 1. The van der Waals surface area contributed by atoms with E-state index < -0.39 is 6.09 Å². The minimum Gasteiger partial charge on any atom is -0.465 e. The van der Waals surface area contributed by atoms with Gasteiger partial charge in [0, 0.05) is 10.9 Å². The van der Waals surface area contributed by atoms with E-state index in [0.29, 0.717) is 17.1 Å². The van der Waals surface area contributed by atoms with Crippen molar-refractivity contribution in [2.24, 2.45) is 0 Å². The van der Waals surface area contributed by atoms with Gasteiger partial charge in [-0.15, -0.1) is 0 Å². The quantitative estimate of drug-likeness (QED) is 0.849. The smallest absolute Gasteiger partial charge is 0.409 e. The molecule has 94 valence electrons. The predicted octanol–water partition coefficient (Wildman–Crippen LogP) is 3.63. The van der Waals surface area contributed by atoms with Gasteiger partial charge in [0.05, 0.1) is 0 Å². The van der Waals surface area contributed by atoms with E-state index in [-0.39, 0.29) is 0 Å². The van der Waals surface area contributed by atoms with Crippen LogP contribution in [-0.2, 0) is 5.33 Å². The Labute approximate surface area is 112 Å². The zero-order chi connectivity index (χ0) is 13.1. The number of carbonyl (C=O) groups is 1. The fourth-order valence-electron chi connectivity index (χ4n) is 1.57. The van der Waals surface area contributed by atoms with Crippen LogP contribution >= 0.6 is 15.9 Å². The number of rotatable bonds is 3. The van der Waals surface area contributed by atoms with E-state index in [0.717, 1.165) is 16.5 Å². The molecule has 0 fully saturated rings. The van der Waals surface area contributed by atoms with Gasteiger partial charge in [0.15, 0.2) is 5.76 Å². The van der Waals surface area contributed by atoms with E-state index in [9.17, 15) is 4.79 Å². The lowest BCUT2D eigenvalue weighted by atomic mass is 10.1. The maximum atomic E-state index is 10.7. The number of hydrogen-bond donors (Lipinski definition) is 2. The minimum atomic E-state index is -1.14. The molecule has 1 amide bonds. The molecular weight excluding hydrogens is 300 g/mol. The zero-order valence-corrected chi connectivity index (χ0v) is 11.2. The van der Waals surface area contributed by atoms with Crippen LogP contribution in [0.5, 0.6) is 0 Å². The summed E-state index contributed by atoms with van der Waals surface area (Å²) in [6.07, 6.45) is -1.14. The van der Waals surface area contributed by atoms with Gasteiger partial charge < -0.3 is 9.63 Å². The molecule has 1 aromatic heterocycles. The van der Waals surface area contributed by atoms with Crippen LogP contribution in [0, 0.1) is 6.92 Å². The molecule has 0 aliphatic carbocycles. The van der Waals surface area contributed by atoms with Crippen LogP contribution in [0.15, 0.2) is 28.8 Å². The fourth-order valence-corrected chi connectivity index (χ4v) is 1.94. The SMILES string of the molecule is Cc1noc(-c2ccc(CBr)cc2)c1NC(=O)O. The molecule has 2 aromatic rings. The molecule has 0 saturated carbocycles. The second kappa shape index (κ2) is 5.22. The van der Waals surface area contributed by atoms with Crippen molar-refractivity contribution in [1.82, 2.24) is 5.16 Å². The largest absolute Gasteiger partial charge is 0.465 e. The Hall–Kier alpha value is -1.82. The third-order valence-electron chi connectivity index (χ3n) is 2.47. The average Bonchev–Trinajstić information content (AvgIpc) is 2.71. The van der Waals surface area contributed by atoms with Gasteiger partial charge in [-0.2, -0.15) is 0 Å². The molecule has 0 bridgehead atoms. The number of nitrogens with one attached hydrogen (secondary N) is 1. The van der Waals surface area contributed by atoms with Crippen LogP contribution in [0.1, 0.15) is 11.3 Å². The molecule has 18 heavy (non-hydrogen) atoms. The van der Waals surface area contributed by atoms with Crippen LogP contribution in [-0.4, -0.2) is 16.4 Å². The van der Waals surface area contributed by atoms with E-state index in [4.69, 9.17) is 9.63 Å². The van der Waals surface area contributed by atoms with Crippen LogP contribution in [0.2, 0.25) is 0 Å². The van der Waals surface area contributed by atoms with Crippen molar-refractivity contribution in [2.45, 2.75) is 12.3 Å². The van der Waals surface area contributed by atoms with Crippen molar-refractivity contribution in [3.05, 3.63) is 35.5 Å². The Bertz CT molecular complexity index is 563. The molecule has 0 unspecified atom stereocenters. The molecule has 1 heterocycles. The summed E-state index contributed by atoms with van der Waals surface area (Å²) in [5.74, 6) is 0.427. The van der Waals surface area contributed by atoms with E-state index >= 15 is 0 Å². The number of nitrogens with zero attached hydrogens (tertiary/aromatic N) is 1. The summed E-state index contributed by atoms with van der Waals surface area (Å²) in [7, 11) is 0. The highest BCUT2D eigenvalue weighted by Gasteiger charge is 2.16. The summed E-state index contributed by atoms with van der Waals surface area (Å²) < 4.78 is 5.17. The van der Waals surface area contributed by atoms with Crippen LogP contribution < -0.4 is 5.32 Å². The number of aromatic nitrogens is 1. The van der Waals surface area contributed by atoms with Crippen molar-refractivity contribution in [3.63, 3.8) is 0 Å². The first-order valence-corrected chi connectivity index (χ1v) is 6.35. The third kappa shape index (κ3) is 2.53. The van der Waals surface area contributed by atoms with Gasteiger partial charge in [0.2, 0.25) is 0 Å². The molecule has 2 N–H and O–H groups in total. The number of halogens is 1. The molecule has 6 heteroatoms. The highest BCUT2D eigenvalue weighted by atomic mass is 79.9. The van der Waals surface area contributed by atoms with Gasteiger partial charge in [-0.1, -0.05) is 45.4 Å². The molecule has 2 rings (SSSR count). The van der Waals surface area contributed by atoms with Crippen molar-refractivity contribution in [3.8, 4) is 11.3 Å². The van der Waals surface area contributed by atoms with Gasteiger partial charge in [-0.25, -0.2) is 4.79 Å². The molecule has 0 aliphatic rings. The number of carboxylic acid groups (broad SMARTS) is 1. The van der Waals surface area contributed by atoms with Crippen molar-refractivity contribution in [1.29, 1.82) is 0 Å². The first-order chi connectivity index (χ1) is 8.61. The van der Waals surface area contributed by atoms with Gasteiger partial charge in [0.25, 0.3) is 0 Å². The molecule has 0 atom stereocenters. The van der Waals surface area contributed by atoms with Gasteiger partial charge in [-0.05, 0) is 12.5 Å². The third-order valence-corrected chi connectivity index (χ3v) is 3.11. The Balaban J connectivity index is 2.40. The van der Waals surface area contributed by atoms with E-state index in [2.05, 4.69) is 26.4 Å². The lowest BCUT2D eigenvalue weighted by Gasteiger charge is -2.02. The lowest BCUT2D eigenvalue weighted by molar-refractivity contribution is 0.209. The Morgan fingerprint density at radius 2 is 2.11 bits per heavy atom. The number of benzene rings is 1. The number of anilines is 1. The standard InChI is InChI=1S/C12H11BrN2O3/c1-7-10(14-12(16)17)11(18-15-7)9-4-2-8(6-13)3-5-9/h2-5,14H,6H2,1H3,(H,16,17). The first-order valence-electron chi connectivity index (χ1n) is 5.23. The van der Waals surface area contributed by atoms with E-state index in [1.54, 1.807) is 6.92 Å². The Kier molecular flexibility index (Phi) is 3.66. The monoisotopic (exact) mass is 310 g/mol. The van der Waals surface area contributed by atoms with Gasteiger partial charge in [-0.3, -0.25) is 5.32 Å². The molecule has 5 nitrogen and oxygen atoms in total. The summed E-state index contributed by atoms with van der Waals surface area (Å²) in [4.78, 5) is 10.7. The van der Waals surface area contributed by atoms with E-state index in [1.165, 1.54) is 0 Å². The summed E-state index contributed by atoms with van der Waals surface area (Å²) in [6.45, 7) is 1.69. The predicted molar refractivity (Wildman–Crippen MR) is 71.0 cm³/mol. The summed E-state index contributed by atoms with van der Waals surface area (Å²) in [5.41, 5.74) is 2.80. The average molecular weight is 311 g/mol. The second-order valence-electron chi connectivity index (χ2n) is 3.73. The number of aryl methyl sites for hydroxylation is 1. The summed E-state index contributed by atoms with van der Waals surface area (Å²) in [6, 6.07) is 7.60. The van der Waals surface area contributed by atoms with E-state index in [1.807, 2.05) is 24.3 Å². The Morgan fingerprint density at radius 1 is 1.44 bits per heavy atom. The molecule has 1 aromatic carbocycles. The fraction of sp³-hybridized carbons (Fsp3) is 0.167. The van der Waals surface area contributed by atoms with Gasteiger partial charge in [0.1, 0.15) is 11.4 Å². The maximum absolute atomic E-state index is 10.7. The highest BCUT2D eigenvalue weighted by Crippen LogP contribution is 2.31. The molecule has 0 spiro atoms. The van der Waals surface area contributed by atoms with Crippen LogP contribution in [0.3, 0.4) is 0 Å². The topological polar surface area (TPSA) is 75.4 Å². The zero-order valence-electron chi connectivity index (χ0n) is 9.61. The normalized spacial score (nSPS) is 10.3. The molecule has 0 radical (unpaired) electrons. The minimum absolute atomic E-state index is 0.383. The van der Waals surface area contributed by atoms with Crippen molar-refractivity contribution >= 4 is 27.7 Å². The Morgan fingerprint density at radius 3 is 2.67 bits per heavy atom. The molecule has 0 aliphatic heterocycles. The summed E-state index contributed by atoms with van der Waals surface area (Å²) >= 11 is 3.36. The number of alkyl halides is 1. The highest BCUT2D eigenvalue weighted by molar-refractivity contribution is 9.08. The lowest BCUT2D eigenvalue weighted by Crippen LogP contribution is -2.08. The summed E-state index contributed by atoms with van der Waals surface area (Å²) in [5, 5.41) is 15.6. The van der Waals surface area contributed by atoms with Gasteiger partial charge >= 0.3 is 6.09 Å². The van der Waals surface area contributed by atoms with Crippen LogP contribution in [0.4, 0.5) is 10.5 Å². The number of hydrogen-bond acceptors (Lipinski definition) is 3. The van der Waals surface area contributed by atoms with Crippen molar-refractivity contribution < 1.29 is 14.4 Å². The first kappa shape index (κ1) is 12.6. The van der Waals surface area contributed by atoms with Crippen LogP contribution in [0.25, 0.3) is 11.3 Å². The molecular formula is C12H11BrN2O3.